The maximum absolute atomic E-state index is 10.9. The van der Waals surface area contributed by atoms with Crippen molar-refractivity contribution >= 4 is 17.4 Å². The van der Waals surface area contributed by atoms with Crippen LogP contribution in [0, 0.1) is 10.1 Å². The summed E-state index contributed by atoms with van der Waals surface area (Å²) in [6, 6.07) is 0. The van der Waals surface area contributed by atoms with Gasteiger partial charge in [0, 0.05) is 20.1 Å². The molecular formula is C10H12N4O4. The average molecular weight is 252 g/mol. The Morgan fingerprint density at radius 1 is 1.61 bits per heavy atom. The number of aromatic nitrogens is 2. The number of carbonyl (C=O) groups is 1. The summed E-state index contributed by atoms with van der Waals surface area (Å²) in [7, 11) is 1.63. The third kappa shape index (κ3) is 2.04. The number of nitro groups is 1. The number of rotatable bonds is 2. The SMILES string of the molecule is Cn1ncc([N+](=O)[O-])c1C1=CCN(C(=O)O)CC1. The topological polar surface area (TPSA) is 101 Å². The van der Waals surface area contributed by atoms with Crippen LogP contribution in [0.15, 0.2) is 12.3 Å². The van der Waals surface area contributed by atoms with E-state index < -0.39 is 11.0 Å². The molecule has 0 aromatic carbocycles. The van der Waals surface area contributed by atoms with Crippen LogP contribution in [-0.2, 0) is 7.05 Å². The molecule has 0 aliphatic carbocycles. The summed E-state index contributed by atoms with van der Waals surface area (Å²) >= 11 is 0. The van der Waals surface area contributed by atoms with Crippen LogP contribution in [0.3, 0.4) is 0 Å². The normalized spacial score (nSPS) is 15.4. The lowest BCUT2D eigenvalue weighted by Crippen LogP contribution is -2.33. The van der Waals surface area contributed by atoms with Gasteiger partial charge in [0.2, 0.25) is 0 Å². The molecule has 1 N–H and O–H groups in total. The number of carboxylic acid groups (broad SMARTS) is 1. The van der Waals surface area contributed by atoms with E-state index >= 15 is 0 Å². The number of hydrogen-bond donors (Lipinski definition) is 1. The van der Waals surface area contributed by atoms with Gasteiger partial charge in [-0.3, -0.25) is 14.8 Å². The minimum Gasteiger partial charge on any atom is -0.465 e. The van der Waals surface area contributed by atoms with Crippen LogP contribution in [0.5, 0.6) is 0 Å². The van der Waals surface area contributed by atoms with Crippen LogP contribution in [0.25, 0.3) is 5.57 Å². The summed E-state index contributed by atoms with van der Waals surface area (Å²) in [6.07, 6.45) is 2.37. The number of nitrogens with zero attached hydrogens (tertiary/aromatic N) is 4. The first-order valence-corrected chi connectivity index (χ1v) is 5.34. The Balaban J connectivity index is 2.31. The minimum atomic E-state index is -0.982. The smallest absolute Gasteiger partial charge is 0.407 e. The Morgan fingerprint density at radius 3 is 2.83 bits per heavy atom. The van der Waals surface area contributed by atoms with Gasteiger partial charge in [-0.1, -0.05) is 6.08 Å². The largest absolute Gasteiger partial charge is 0.465 e. The summed E-state index contributed by atoms with van der Waals surface area (Å²) in [5.41, 5.74) is 1.16. The van der Waals surface area contributed by atoms with E-state index in [1.165, 1.54) is 15.8 Å². The van der Waals surface area contributed by atoms with E-state index in [9.17, 15) is 14.9 Å². The third-order valence-corrected chi connectivity index (χ3v) is 2.90. The van der Waals surface area contributed by atoms with Crippen molar-refractivity contribution in [1.82, 2.24) is 14.7 Å². The summed E-state index contributed by atoms with van der Waals surface area (Å²) < 4.78 is 1.44. The third-order valence-electron chi connectivity index (χ3n) is 2.90. The van der Waals surface area contributed by atoms with Gasteiger partial charge in [-0.25, -0.2) is 4.79 Å². The van der Waals surface area contributed by atoms with Crippen molar-refractivity contribution in [2.24, 2.45) is 7.05 Å². The van der Waals surface area contributed by atoms with E-state index in [1.54, 1.807) is 13.1 Å². The predicted octanol–water partition coefficient (Wildman–Crippen LogP) is 1.10. The van der Waals surface area contributed by atoms with E-state index in [0.717, 1.165) is 5.57 Å². The molecular weight excluding hydrogens is 240 g/mol. The van der Waals surface area contributed by atoms with Gasteiger partial charge in [-0.05, 0) is 12.0 Å². The molecule has 0 bridgehead atoms. The van der Waals surface area contributed by atoms with E-state index in [1.807, 2.05) is 0 Å². The number of aryl methyl sites for hydroxylation is 1. The van der Waals surface area contributed by atoms with Crippen LogP contribution in [0.2, 0.25) is 0 Å². The van der Waals surface area contributed by atoms with Crippen LogP contribution < -0.4 is 0 Å². The van der Waals surface area contributed by atoms with Crippen molar-refractivity contribution in [3.05, 3.63) is 28.1 Å². The van der Waals surface area contributed by atoms with E-state index in [2.05, 4.69) is 5.10 Å². The molecule has 0 radical (unpaired) electrons. The fraction of sp³-hybridized carbons (Fsp3) is 0.400. The maximum Gasteiger partial charge on any atom is 0.407 e. The quantitative estimate of drug-likeness (QED) is 0.627. The monoisotopic (exact) mass is 252 g/mol. The standard InChI is InChI=1S/C10H12N4O4/c1-12-9(8(6-11-12)14(17)18)7-2-4-13(5-3-7)10(15)16/h2,6H,3-5H2,1H3,(H,15,16). The Kier molecular flexibility index (Phi) is 3.00. The molecule has 1 aliphatic rings. The van der Waals surface area contributed by atoms with Crippen LogP contribution in [-0.4, -0.2) is 43.9 Å². The molecule has 1 amide bonds. The first-order chi connectivity index (χ1) is 8.50. The zero-order valence-electron chi connectivity index (χ0n) is 9.74. The summed E-state index contributed by atoms with van der Waals surface area (Å²) in [4.78, 5) is 22.4. The zero-order chi connectivity index (χ0) is 13.3. The van der Waals surface area contributed by atoms with E-state index in [-0.39, 0.29) is 12.2 Å². The number of hydrogen-bond acceptors (Lipinski definition) is 4. The molecule has 8 nitrogen and oxygen atoms in total. The second kappa shape index (κ2) is 4.47. The van der Waals surface area contributed by atoms with Gasteiger partial charge in [0.15, 0.2) is 0 Å². The van der Waals surface area contributed by atoms with Crippen LogP contribution >= 0.6 is 0 Å². The summed E-state index contributed by atoms with van der Waals surface area (Å²) in [5, 5.41) is 23.6. The van der Waals surface area contributed by atoms with Gasteiger partial charge < -0.3 is 10.0 Å². The molecule has 0 saturated carbocycles. The van der Waals surface area contributed by atoms with Gasteiger partial charge in [0.05, 0.1) is 4.92 Å². The molecule has 18 heavy (non-hydrogen) atoms. The Bertz CT molecular complexity index is 534. The second-order valence-corrected chi connectivity index (χ2v) is 3.97. The fourth-order valence-corrected chi connectivity index (χ4v) is 1.99. The van der Waals surface area contributed by atoms with Crippen LogP contribution in [0.4, 0.5) is 10.5 Å². The molecule has 8 heteroatoms. The summed E-state index contributed by atoms with van der Waals surface area (Å²) in [6.45, 7) is 0.580. The molecule has 96 valence electrons. The molecule has 2 heterocycles. The highest BCUT2D eigenvalue weighted by Gasteiger charge is 2.25. The first kappa shape index (κ1) is 12.1. The molecule has 1 aromatic heterocycles. The Morgan fingerprint density at radius 2 is 2.33 bits per heavy atom. The molecule has 0 saturated heterocycles. The molecule has 1 aliphatic heterocycles. The highest BCUT2D eigenvalue weighted by Crippen LogP contribution is 2.29. The highest BCUT2D eigenvalue weighted by molar-refractivity contribution is 5.73. The van der Waals surface area contributed by atoms with Crippen molar-refractivity contribution in [3.63, 3.8) is 0 Å². The average Bonchev–Trinajstić information content (AvgIpc) is 2.71. The summed E-state index contributed by atoms with van der Waals surface area (Å²) in [5.74, 6) is 0. The molecule has 1 aromatic rings. The van der Waals surface area contributed by atoms with Crippen molar-refractivity contribution in [2.75, 3.05) is 13.1 Å². The lowest BCUT2D eigenvalue weighted by atomic mass is 10.0. The lowest BCUT2D eigenvalue weighted by molar-refractivity contribution is -0.385. The first-order valence-electron chi connectivity index (χ1n) is 5.34. The Hall–Kier alpha value is -2.38. The van der Waals surface area contributed by atoms with Crippen molar-refractivity contribution in [2.45, 2.75) is 6.42 Å². The zero-order valence-corrected chi connectivity index (χ0v) is 9.74. The van der Waals surface area contributed by atoms with Gasteiger partial charge in [0.25, 0.3) is 0 Å². The van der Waals surface area contributed by atoms with Crippen molar-refractivity contribution < 1.29 is 14.8 Å². The molecule has 0 fully saturated rings. The maximum atomic E-state index is 10.9. The second-order valence-electron chi connectivity index (χ2n) is 3.97. The predicted molar refractivity (Wildman–Crippen MR) is 62.1 cm³/mol. The molecule has 0 unspecified atom stereocenters. The minimum absolute atomic E-state index is 0.0486. The van der Waals surface area contributed by atoms with E-state index in [0.29, 0.717) is 18.7 Å². The van der Waals surface area contributed by atoms with Crippen molar-refractivity contribution in [3.8, 4) is 0 Å². The fourth-order valence-electron chi connectivity index (χ4n) is 1.99. The van der Waals surface area contributed by atoms with Gasteiger partial charge >= 0.3 is 11.8 Å². The van der Waals surface area contributed by atoms with E-state index in [4.69, 9.17) is 5.11 Å². The highest BCUT2D eigenvalue weighted by atomic mass is 16.6. The Labute approximate surface area is 102 Å². The molecule has 0 spiro atoms. The molecule has 2 rings (SSSR count). The van der Waals surface area contributed by atoms with Crippen molar-refractivity contribution in [1.29, 1.82) is 0 Å². The lowest BCUT2D eigenvalue weighted by Gasteiger charge is -2.23. The molecule has 0 atom stereocenters. The van der Waals surface area contributed by atoms with Gasteiger partial charge in [0.1, 0.15) is 11.9 Å². The number of amides is 1. The van der Waals surface area contributed by atoms with Crippen LogP contribution in [0.1, 0.15) is 12.1 Å². The van der Waals surface area contributed by atoms with Gasteiger partial charge in [-0.2, -0.15) is 5.10 Å². The van der Waals surface area contributed by atoms with Gasteiger partial charge in [-0.15, -0.1) is 0 Å².